The summed E-state index contributed by atoms with van der Waals surface area (Å²) in [5.41, 5.74) is 0.350. The van der Waals surface area contributed by atoms with Crippen molar-refractivity contribution in [1.29, 1.82) is 0 Å². The van der Waals surface area contributed by atoms with Crippen LogP contribution in [-0.4, -0.2) is 52.7 Å². The van der Waals surface area contributed by atoms with Crippen molar-refractivity contribution in [3.63, 3.8) is 0 Å². The Balaban J connectivity index is 1.75. The lowest BCUT2D eigenvalue weighted by Crippen LogP contribution is -2.24. The molecule has 1 unspecified atom stereocenters. The molecule has 1 aromatic carbocycles. The first-order chi connectivity index (χ1) is 14.1. The molecule has 1 aromatic heterocycles. The number of carbonyl (C=O) groups is 1. The lowest BCUT2D eigenvalue weighted by atomic mass is 10.3. The lowest BCUT2D eigenvalue weighted by Gasteiger charge is -2.16. The first-order valence-electron chi connectivity index (χ1n) is 9.38. The van der Waals surface area contributed by atoms with Gasteiger partial charge < -0.3 is 9.88 Å². The molecule has 0 saturated heterocycles. The summed E-state index contributed by atoms with van der Waals surface area (Å²) in [5.74, 6) is 1.08. The van der Waals surface area contributed by atoms with E-state index in [1.165, 1.54) is 38.0 Å². The minimum absolute atomic E-state index is 0.0629. The maximum absolute atomic E-state index is 12.7. The number of sulfonamides is 1. The van der Waals surface area contributed by atoms with E-state index >= 15 is 0 Å². The van der Waals surface area contributed by atoms with E-state index in [2.05, 4.69) is 22.1 Å². The van der Waals surface area contributed by atoms with Crippen molar-refractivity contribution in [2.45, 2.75) is 47.5 Å². The molecule has 0 spiro atoms. The molecule has 1 aliphatic rings. The van der Waals surface area contributed by atoms with Gasteiger partial charge in [-0.3, -0.25) is 4.79 Å². The Morgan fingerprint density at radius 2 is 2.13 bits per heavy atom. The van der Waals surface area contributed by atoms with E-state index in [4.69, 9.17) is 11.6 Å². The van der Waals surface area contributed by atoms with E-state index in [1.807, 2.05) is 4.57 Å². The van der Waals surface area contributed by atoms with Crippen LogP contribution in [0.25, 0.3) is 0 Å². The summed E-state index contributed by atoms with van der Waals surface area (Å²) in [7, 11) is -0.889. The highest BCUT2D eigenvalue weighted by Gasteiger charge is 2.31. The van der Waals surface area contributed by atoms with Crippen LogP contribution in [0.3, 0.4) is 0 Å². The summed E-state index contributed by atoms with van der Waals surface area (Å²) in [4.78, 5) is 12.7. The molecule has 162 valence electrons. The summed E-state index contributed by atoms with van der Waals surface area (Å²) in [6.45, 7) is 6.13. The van der Waals surface area contributed by atoms with Crippen LogP contribution in [0.5, 0.6) is 0 Å². The van der Waals surface area contributed by atoms with Crippen LogP contribution in [0.15, 0.2) is 40.9 Å². The molecule has 1 heterocycles. The van der Waals surface area contributed by atoms with Gasteiger partial charge in [0, 0.05) is 32.2 Å². The van der Waals surface area contributed by atoms with Crippen LogP contribution in [0.4, 0.5) is 5.69 Å². The maximum Gasteiger partial charge on any atom is 0.244 e. The Kier molecular flexibility index (Phi) is 6.91. The van der Waals surface area contributed by atoms with Gasteiger partial charge in [-0.05, 0) is 38.0 Å². The molecule has 0 aliphatic heterocycles. The topological polar surface area (TPSA) is 97.2 Å². The molecule has 8 nitrogen and oxygen atoms in total. The molecule has 0 radical (unpaired) electrons. The van der Waals surface area contributed by atoms with Crippen molar-refractivity contribution in [3.05, 3.63) is 41.7 Å². The van der Waals surface area contributed by atoms with E-state index in [-0.39, 0.29) is 15.8 Å². The highest BCUT2D eigenvalue weighted by molar-refractivity contribution is 8.00. The summed E-state index contributed by atoms with van der Waals surface area (Å²) in [6, 6.07) is 4.38. The number of thioether (sulfide) groups is 1. The Hall–Kier alpha value is -1.88. The van der Waals surface area contributed by atoms with Crippen LogP contribution in [0.2, 0.25) is 5.02 Å². The zero-order chi connectivity index (χ0) is 22.1. The van der Waals surface area contributed by atoms with E-state index in [0.717, 1.165) is 23.0 Å². The van der Waals surface area contributed by atoms with Gasteiger partial charge in [-0.2, -0.15) is 0 Å². The molecule has 11 heteroatoms. The molecule has 0 bridgehead atoms. The average molecular weight is 470 g/mol. The van der Waals surface area contributed by atoms with Gasteiger partial charge in [-0.1, -0.05) is 29.4 Å². The number of amides is 1. The minimum atomic E-state index is -3.73. The molecule has 1 amide bonds. The summed E-state index contributed by atoms with van der Waals surface area (Å²) in [6.07, 6.45) is 3.99. The predicted octanol–water partition coefficient (Wildman–Crippen LogP) is 3.36. The van der Waals surface area contributed by atoms with Crippen LogP contribution in [-0.2, 0) is 21.4 Å². The third kappa shape index (κ3) is 4.88. The normalized spacial score (nSPS) is 15.2. The van der Waals surface area contributed by atoms with Gasteiger partial charge >= 0.3 is 0 Å². The SMILES string of the molecule is C=CCn1c(SC(C)C(=O)Nc2ccc(Cl)c(S(=O)(=O)N(C)C)c2)nnc1C1CC1. The van der Waals surface area contributed by atoms with Crippen LogP contribution in [0.1, 0.15) is 31.5 Å². The molecular formula is C19H24ClN5O3S2. The molecule has 1 aliphatic carbocycles. The molecular weight excluding hydrogens is 446 g/mol. The standard InChI is InChI=1S/C19H24ClN5O3S2/c1-5-10-25-17(13-6-7-13)22-23-19(25)29-12(2)18(26)21-14-8-9-15(20)16(11-14)30(27,28)24(3)4/h5,8-9,11-13H,1,6-7,10H2,2-4H3,(H,21,26). The number of nitrogens with zero attached hydrogens (tertiary/aromatic N) is 4. The van der Waals surface area contributed by atoms with Crippen molar-refractivity contribution in [1.82, 2.24) is 19.1 Å². The fraction of sp³-hybridized carbons (Fsp3) is 0.421. The van der Waals surface area contributed by atoms with Crippen LogP contribution >= 0.6 is 23.4 Å². The minimum Gasteiger partial charge on any atom is -0.325 e. The first kappa shape index (κ1) is 22.8. The second kappa shape index (κ2) is 9.09. The van der Waals surface area contributed by atoms with Gasteiger partial charge in [-0.25, -0.2) is 12.7 Å². The van der Waals surface area contributed by atoms with Crippen molar-refractivity contribution in [2.24, 2.45) is 0 Å². The fourth-order valence-corrected chi connectivity index (χ4v) is 5.02. The second-order valence-electron chi connectivity index (χ2n) is 7.20. The van der Waals surface area contributed by atoms with Gasteiger partial charge in [0.15, 0.2) is 5.16 Å². The van der Waals surface area contributed by atoms with Crippen LogP contribution in [0, 0.1) is 0 Å². The largest absolute Gasteiger partial charge is 0.325 e. The van der Waals surface area contributed by atoms with Gasteiger partial charge in [0.1, 0.15) is 10.7 Å². The Labute approximate surface area is 185 Å². The number of nitrogens with one attached hydrogen (secondary N) is 1. The number of benzene rings is 1. The summed E-state index contributed by atoms with van der Waals surface area (Å²) in [5, 5.41) is 11.6. The molecule has 1 fully saturated rings. The average Bonchev–Trinajstić information content (AvgIpc) is 3.46. The molecule has 3 rings (SSSR count). The van der Waals surface area contributed by atoms with Crippen molar-refractivity contribution in [3.8, 4) is 0 Å². The number of hydrogen-bond donors (Lipinski definition) is 1. The van der Waals surface area contributed by atoms with E-state index in [1.54, 1.807) is 19.1 Å². The molecule has 1 saturated carbocycles. The summed E-state index contributed by atoms with van der Waals surface area (Å²) >= 11 is 7.36. The van der Waals surface area contributed by atoms with Crippen molar-refractivity contribution < 1.29 is 13.2 Å². The zero-order valence-corrected chi connectivity index (χ0v) is 19.4. The quantitative estimate of drug-likeness (QED) is 0.446. The van der Waals surface area contributed by atoms with Crippen molar-refractivity contribution in [2.75, 3.05) is 19.4 Å². The number of anilines is 1. The molecule has 1 atom stereocenters. The number of halogens is 1. The zero-order valence-electron chi connectivity index (χ0n) is 17.0. The van der Waals surface area contributed by atoms with Crippen molar-refractivity contribution >= 4 is 45.0 Å². The highest BCUT2D eigenvalue weighted by atomic mass is 35.5. The number of rotatable bonds is 9. The smallest absolute Gasteiger partial charge is 0.244 e. The monoisotopic (exact) mass is 469 g/mol. The van der Waals surface area contributed by atoms with E-state index in [9.17, 15) is 13.2 Å². The maximum atomic E-state index is 12.7. The molecule has 1 N–H and O–H groups in total. The molecule has 30 heavy (non-hydrogen) atoms. The lowest BCUT2D eigenvalue weighted by molar-refractivity contribution is -0.115. The van der Waals surface area contributed by atoms with Gasteiger partial charge in [0.05, 0.1) is 10.3 Å². The Bertz CT molecular complexity index is 1060. The first-order valence-corrected chi connectivity index (χ1v) is 12.1. The summed E-state index contributed by atoms with van der Waals surface area (Å²) < 4.78 is 27.9. The number of aromatic nitrogens is 3. The van der Waals surface area contributed by atoms with Gasteiger partial charge in [0.2, 0.25) is 15.9 Å². The fourth-order valence-electron chi connectivity index (χ4n) is 2.76. The van der Waals surface area contributed by atoms with E-state index < -0.39 is 15.3 Å². The van der Waals surface area contributed by atoms with Crippen LogP contribution < -0.4 is 5.32 Å². The van der Waals surface area contributed by atoms with E-state index in [0.29, 0.717) is 23.3 Å². The Morgan fingerprint density at radius 1 is 1.43 bits per heavy atom. The highest BCUT2D eigenvalue weighted by Crippen LogP contribution is 2.40. The number of allylic oxidation sites excluding steroid dienone is 1. The Morgan fingerprint density at radius 3 is 2.73 bits per heavy atom. The van der Waals surface area contributed by atoms with Gasteiger partial charge in [0.25, 0.3) is 0 Å². The number of carbonyl (C=O) groups excluding carboxylic acids is 1. The second-order valence-corrected chi connectivity index (χ2v) is 11.0. The predicted molar refractivity (Wildman–Crippen MR) is 118 cm³/mol. The molecule has 2 aromatic rings. The van der Waals surface area contributed by atoms with Gasteiger partial charge in [-0.15, -0.1) is 16.8 Å². The number of hydrogen-bond acceptors (Lipinski definition) is 6. The third-order valence-corrected chi connectivity index (χ3v) is 7.99. The third-order valence-electron chi connectivity index (χ3n) is 4.61.